The van der Waals surface area contributed by atoms with E-state index in [1.54, 1.807) is 18.2 Å². The number of amides is 2. The van der Waals surface area contributed by atoms with Gasteiger partial charge in [-0.2, -0.15) is 0 Å². The molecule has 1 aromatic rings. The Bertz CT molecular complexity index is 567. The number of hydrogen-bond acceptors (Lipinski definition) is 2. The predicted molar refractivity (Wildman–Crippen MR) is 88.4 cm³/mol. The van der Waals surface area contributed by atoms with Crippen LogP contribution in [0.5, 0.6) is 0 Å². The molecule has 1 aliphatic rings. The van der Waals surface area contributed by atoms with Gasteiger partial charge >= 0.3 is 0 Å². The summed E-state index contributed by atoms with van der Waals surface area (Å²) in [6.07, 6.45) is 1.52. The highest BCUT2D eigenvalue weighted by molar-refractivity contribution is 6.36. The van der Waals surface area contributed by atoms with E-state index in [0.29, 0.717) is 28.7 Å². The smallest absolute Gasteiger partial charge is 0.253 e. The van der Waals surface area contributed by atoms with Gasteiger partial charge in [-0.1, -0.05) is 37.0 Å². The summed E-state index contributed by atoms with van der Waals surface area (Å²) >= 11 is 11.9. The first kappa shape index (κ1) is 17.1. The second-order valence-corrected chi connectivity index (χ2v) is 6.70. The molecule has 2 amide bonds. The average Bonchev–Trinajstić information content (AvgIpc) is 2.47. The Morgan fingerprint density at radius 2 is 1.86 bits per heavy atom. The van der Waals surface area contributed by atoms with Crippen LogP contribution >= 0.6 is 23.2 Å². The van der Waals surface area contributed by atoms with E-state index in [2.05, 4.69) is 5.32 Å². The molecule has 1 fully saturated rings. The monoisotopic (exact) mass is 342 g/mol. The first-order valence-corrected chi connectivity index (χ1v) is 8.18. The molecule has 120 valence electrons. The summed E-state index contributed by atoms with van der Waals surface area (Å²) in [4.78, 5) is 26.0. The van der Waals surface area contributed by atoms with Gasteiger partial charge in [0.05, 0.1) is 10.6 Å². The van der Waals surface area contributed by atoms with Crippen LogP contribution in [0.15, 0.2) is 18.2 Å². The Balaban J connectivity index is 1.90. The molecule has 0 aliphatic carbocycles. The third-order valence-electron chi connectivity index (χ3n) is 3.81. The minimum absolute atomic E-state index is 0.0130. The topological polar surface area (TPSA) is 49.4 Å². The lowest BCUT2D eigenvalue weighted by molar-refractivity contribution is -0.135. The Morgan fingerprint density at radius 1 is 1.23 bits per heavy atom. The second-order valence-electron chi connectivity index (χ2n) is 5.85. The summed E-state index contributed by atoms with van der Waals surface area (Å²) < 4.78 is 0. The van der Waals surface area contributed by atoms with Crippen LogP contribution in [0.4, 0.5) is 0 Å². The largest absolute Gasteiger partial charge is 0.349 e. The molecule has 0 radical (unpaired) electrons. The minimum Gasteiger partial charge on any atom is -0.349 e. The fourth-order valence-corrected chi connectivity index (χ4v) is 3.04. The van der Waals surface area contributed by atoms with Crippen molar-refractivity contribution in [2.24, 2.45) is 5.92 Å². The zero-order valence-electron chi connectivity index (χ0n) is 12.7. The van der Waals surface area contributed by atoms with E-state index in [-0.39, 0.29) is 23.8 Å². The highest BCUT2D eigenvalue weighted by atomic mass is 35.5. The number of rotatable bonds is 3. The molecule has 1 heterocycles. The van der Waals surface area contributed by atoms with Crippen molar-refractivity contribution in [1.29, 1.82) is 0 Å². The number of benzene rings is 1. The number of nitrogens with zero attached hydrogens (tertiary/aromatic N) is 1. The quantitative estimate of drug-likeness (QED) is 0.915. The van der Waals surface area contributed by atoms with Gasteiger partial charge in [0.2, 0.25) is 5.91 Å². The van der Waals surface area contributed by atoms with E-state index in [4.69, 9.17) is 23.2 Å². The van der Waals surface area contributed by atoms with Crippen LogP contribution in [0.1, 0.15) is 37.0 Å². The Kier molecular flexibility index (Phi) is 5.70. The van der Waals surface area contributed by atoms with Crippen molar-refractivity contribution in [1.82, 2.24) is 10.2 Å². The minimum atomic E-state index is -0.199. The van der Waals surface area contributed by atoms with Crippen molar-refractivity contribution < 1.29 is 9.59 Å². The molecule has 0 unspecified atom stereocenters. The number of halogens is 2. The van der Waals surface area contributed by atoms with Gasteiger partial charge in [-0.05, 0) is 31.0 Å². The van der Waals surface area contributed by atoms with Crippen LogP contribution in [0.25, 0.3) is 0 Å². The van der Waals surface area contributed by atoms with Crippen LogP contribution < -0.4 is 5.32 Å². The maximum Gasteiger partial charge on any atom is 0.253 e. The van der Waals surface area contributed by atoms with E-state index in [1.165, 1.54) is 0 Å². The molecule has 2 rings (SSSR count). The van der Waals surface area contributed by atoms with Gasteiger partial charge in [-0.25, -0.2) is 0 Å². The van der Waals surface area contributed by atoms with Gasteiger partial charge in [0.15, 0.2) is 0 Å². The van der Waals surface area contributed by atoms with Crippen LogP contribution in [0, 0.1) is 5.92 Å². The molecule has 0 atom stereocenters. The lowest BCUT2D eigenvalue weighted by Crippen LogP contribution is -2.47. The van der Waals surface area contributed by atoms with E-state index in [9.17, 15) is 9.59 Å². The van der Waals surface area contributed by atoms with Crippen LogP contribution in [-0.4, -0.2) is 35.8 Å². The van der Waals surface area contributed by atoms with Gasteiger partial charge in [0, 0.05) is 30.1 Å². The van der Waals surface area contributed by atoms with E-state index < -0.39 is 0 Å². The molecule has 1 aliphatic heterocycles. The SMILES string of the molecule is CC(C)C(=O)N1CCC(NC(=O)c2ccc(Cl)cc2Cl)CC1. The van der Waals surface area contributed by atoms with Crippen LogP contribution in [0.3, 0.4) is 0 Å². The third kappa shape index (κ3) is 4.14. The number of nitrogens with one attached hydrogen (secondary N) is 1. The molecule has 0 spiro atoms. The molecular formula is C16H20Cl2N2O2. The molecule has 1 saturated heterocycles. The molecule has 22 heavy (non-hydrogen) atoms. The molecule has 6 heteroatoms. The van der Waals surface area contributed by atoms with E-state index >= 15 is 0 Å². The Morgan fingerprint density at radius 3 is 2.41 bits per heavy atom. The average molecular weight is 343 g/mol. The normalized spacial score (nSPS) is 16.0. The summed E-state index contributed by atoms with van der Waals surface area (Å²) in [7, 11) is 0. The molecule has 0 aromatic heterocycles. The van der Waals surface area contributed by atoms with Crippen molar-refractivity contribution in [3.63, 3.8) is 0 Å². The number of carbonyl (C=O) groups is 2. The number of hydrogen-bond donors (Lipinski definition) is 1. The van der Waals surface area contributed by atoms with Crippen molar-refractivity contribution in [3.05, 3.63) is 33.8 Å². The fraction of sp³-hybridized carbons (Fsp3) is 0.500. The maximum atomic E-state index is 12.2. The van der Waals surface area contributed by atoms with E-state index in [1.807, 2.05) is 18.7 Å². The molecule has 0 bridgehead atoms. The first-order chi connectivity index (χ1) is 10.4. The number of piperidine rings is 1. The Labute approximate surface area is 140 Å². The summed E-state index contributed by atoms with van der Waals surface area (Å²) in [5, 5.41) is 3.83. The Hall–Kier alpha value is -1.26. The van der Waals surface area contributed by atoms with Crippen LogP contribution in [-0.2, 0) is 4.79 Å². The third-order valence-corrected chi connectivity index (χ3v) is 4.36. The first-order valence-electron chi connectivity index (χ1n) is 7.43. The number of carbonyl (C=O) groups excluding carboxylic acids is 2. The zero-order chi connectivity index (χ0) is 16.3. The molecule has 1 aromatic carbocycles. The highest BCUT2D eigenvalue weighted by Gasteiger charge is 2.25. The van der Waals surface area contributed by atoms with Crippen molar-refractivity contribution in [2.45, 2.75) is 32.7 Å². The summed E-state index contributed by atoms with van der Waals surface area (Å²) in [5.41, 5.74) is 0.423. The maximum absolute atomic E-state index is 12.2. The summed E-state index contributed by atoms with van der Waals surface area (Å²) in [6, 6.07) is 4.89. The van der Waals surface area contributed by atoms with Gasteiger partial charge in [0.1, 0.15) is 0 Å². The van der Waals surface area contributed by atoms with Gasteiger partial charge in [-0.15, -0.1) is 0 Å². The highest BCUT2D eigenvalue weighted by Crippen LogP contribution is 2.21. The van der Waals surface area contributed by atoms with Crippen LogP contribution in [0.2, 0.25) is 10.0 Å². The van der Waals surface area contributed by atoms with Gasteiger partial charge < -0.3 is 10.2 Å². The standard InChI is InChI=1S/C16H20Cl2N2O2/c1-10(2)16(22)20-7-5-12(6-8-20)19-15(21)13-4-3-11(17)9-14(13)18/h3-4,9-10,12H,5-8H2,1-2H3,(H,19,21). The van der Waals surface area contributed by atoms with Crippen molar-refractivity contribution in [2.75, 3.05) is 13.1 Å². The lowest BCUT2D eigenvalue weighted by Gasteiger charge is -2.33. The lowest BCUT2D eigenvalue weighted by atomic mass is 10.0. The predicted octanol–water partition coefficient (Wildman–Crippen LogP) is 3.37. The number of likely N-dealkylation sites (tertiary alicyclic amines) is 1. The van der Waals surface area contributed by atoms with Gasteiger partial charge in [0.25, 0.3) is 5.91 Å². The molecular weight excluding hydrogens is 323 g/mol. The van der Waals surface area contributed by atoms with Gasteiger partial charge in [-0.3, -0.25) is 9.59 Å². The second kappa shape index (κ2) is 7.34. The zero-order valence-corrected chi connectivity index (χ0v) is 14.2. The molecule has 4 nitrogen and oxygen atoms in total. The van der Waals surface area contributed by atoms with Crippen molar-refractivity contribution >= 4 is 35.0 Å². The summed E-state index contributed by atoms with van der Waals surface area (Å²) in [5.74, 6) is -0.0140. The fourth-order valence-electron chi connectivity index (χ4n) is 2.55. The molecule has 1 N–H and O–H groups in total. The molecule has 0 saturated carbocycles. The summed E-state index contributed by atoms with van der Waals surface area (Å²) in [6.45, 7) is 5.16. The van der Waals surface area contributed by atoms with E-state index in [0.717, 1.165) is 12.8 Å². The van der Waals surface area contributed by atoms with Crippen molar-refractivity contribution in [3.8, 4) is 0 Å².